The quantitative estimate of drug-likeness (QED) is 0.203. The second-order valence-corrected chi connectivity index (χ2v) is 8.78. The van der Waals surface area contributed by atoms with Gasteiger partial charge in [0.15, 0.2) is 0 Å². The second-order valence-electron chi connectivity index (χ2n) is 8.78. The number of aromatic amines is 1. The van der Waals surface area contributed by atoms with Crippen molar-refractivity contribution in [2.24, 2.45) is 11.7 Å². The van der Waals surface area contributed by atoms with Crippen LogP contribution in [-0.4, -0.2) is 85.5 Å². The van der Waals surface area contributed by atoms with E-state index >= 15 is 0 Å². The number of nitrogens with zero attached hydrogens (tertiary/aromatic N) is 2. The Hall–Kier alpha value is -3.48. The smallest absolute Gasteiger partial charge is 0.326 e. The maximum atomic E-state index is 13.2. The van der Waals surface area contributed by atoms with Gasteiger partial charge < -0.3 is 36.5 Å². The van der Waals surface area contributed by atoms with Crippen LogP contribution in [0.4, 0.5) is 0 Å². The number of carbonyl (C=O) groups excluding carboxylic acids is 3. The first kappa shape index (κ1) is 27.8. The molecule has 0 bridgehead atoms. The lowest BCUT2D eigenvalue weighted by Crippen LogP contribution is -2.58. The number of aromatic nitrogens is 2. The highest BCUT2D eigenvalue weighted by Crippen LogP contribution is 2.20. The summed E-state index contributed by atoms with van der Waals surface area (Å²) in [5.41, 5.74) is 6.63. The monoisotopic (exact) mass is 494 g/mol. The van der Waals surface area contributed by atoms with Gasteiger partial charge in [-0.05, 0) is 25.2 Å². The molecule has 7 N–H and O–H groups in total. The van der Waals surface area contributed by atoms with Crippen LogP contribution in [0.3, 0.4) is 0 Å². The highest BCUT2D eigenvalue weighted by atomic mass is 16.4. The summed E-state index contributed by atoms with van der Waals surface area (Å²) in [5, 5.41) is 23.7. The van der Waals surface area contributed by atoms with Gasteiger partial charge in [0.1, 0.15) is 18.1 Å². The van der Waals surface area contributed by atoms with Gasteiger partial charge in [0.25, 0.3) is 0 Å². The van der Waals surface area contributed by atoms with E-state index in [1.807, 2.05) is 6.92 Å². The molecule has 1 aliphatic rings. The van der Waals surface area contributed by atoms with Gasteiger partial charge in [-0.15, -0.1) is 0 Å². The number of imidazole rings is 1. The first-order chi connectivity index (χ1) is 16.5. The van der Waals surface area contributed by atoms with Crippen molar-refractivity contribution in [1.29, 1.82) is 0 Å². The highest BCUT2D eigenvalue weighted by molar-refractivity contribution is 5.94. The Morgan fingerprint density at radius 1 is 1.23 bits per heavy atom. The fourth-order valence-electron chi connectivity index (χ4n) is 3.96. The predicted octanol–water partition coefficient (Wildman–Crippen LogP) is -0.764. The highest BCUT2D eigenvalue weighted by Gasteiger charge is 2.39. The predicted molar refractivity (Wildman–Crippen MR) is 123 cm³/mol. The van der Waals surface area contributed by atoms with Crippen molar-refractivity contribution < 1.29 is 34.2 Å². The van der Waals surface area contributed by atoms with Crippen molar-refractivity contribution >= 4 is 29.7 Å². The minimum atomic E-state index is -1.25. The van der Waals surface area contributed by atoms with E-state index in [-0.39, 0.29) is 31.7 Å². The number of nitrogens with one attached hydrogen (secondary N) is 3. The zero-order chi connectivity index (χ0) is 26.1. The number of hydrogen-bond acceptors (Lipinski definition) is 7. The summed E-state index contributed by atoms with van der Waals surface area (Å²) in [4.78, 5) is 69.5. The van der Waals surface area contributed by atoms with Gasteiger partial charge in [-0.25, -0.2) is 9.78 Å². The molecule has 1 aromatic rings. The largest absolute Gasteiger partial charge is 0.481 e. The number of likely N-dealkylation sites (tertiary alicyclic amines) is 1. The van der Waals surface area contributed by atoms with Crippen molar-refractivity contribution in [3.8, 4) is 0 Å². The molecule has 2 rings (SSSR count). The van der Waals surface area contributed by atoms with Crippen molar-refractivity contribution in [3.63, 3.8) is 0 Å². The van der Waals surface area contributed by atoms with E-state index in [0.29, 0.717) is 18.5 Å². The fraction of sp³-hybridized carbons (Fsp3) is 0.636. The molecule has 13 nitrogen and oxygen atoms in total. The number of H-pyrrole nitrogens is 1. The van der Waals surface area contributed by atoms with Crippen LogP contribution < -0.4 is 16.4 Å². The lowest BCUT2D eigenvalue weighted by Gasteiger charge is -2.30. The number of nitrogens with two attached hydrogens (primary N) is 1. The average molecular weight is 495 g/mol. The van der Waals surface area contributed by atoms with Gasteiger partial charge >= 0.3 is 11.9 Å². The number of carbonyl (C=O) groups is 5. The molecule has 5 unspecified atom stereocenters. The van der Waals surface area contributed by atoms with Crippen molar-refractivity contribution in [2.45, 2.75) is 76.5 Å². The van der Waals surface area contributed by atoms with Gasteiger partial charge in [0.05, 0.1) is 12.4 Å². The Balaban J connectivity index is 2.15. The molecule has 0 radical (unpaired) electrons. The molecule has 35 heavy (non-hydrogen) atoms. The van der Waals surface area contributed by atoms with Gasteiger partial charge in [-0.2, -0.15) is 0 Å². The maximum Gasteiger partial charge on any atom is 0.326 e. The normalized spacial score (nSPS) is 18.8. The molecule has 0 saturated carbocycles. The molecular formula is C22H34N6O7. The minimum absolute atomic E-state index is 0.173. The van der Waals surface area contributed by atoms with Gasteiger partial charge in [0, 0.05) is 31.3 Å². The Morgan fingerprint density at radius 3 is 2.51 bits per heavy atom. The van der Waals surface area contributed by atoms with E-state index in [9.17, 15) is 29.1 Å². The molecule has 1 aromatic heterocycles. The summed E-state index contributed by atoms with van der Waals surface area (Å²) >= 11 is 0. The van der Waals surface area contributed by atoms with Gasteiger partial charge in [-0.3, -0.25) is 19.2 Å². The molecule has 0 spiro atoms. The molecule has 1 aliphatic heterocycles. The summed E-state index contributed by atoms with van der Waals surface area (Å²) in [7, 11) is 0. The lowest BCUT2D eigenvalue weighted by molar-refractivity contribution is -0.150. The molecule has 194 valence electrons. The van der Waals surface area contributed by atoms with E-state index in [1.165, 1.54) is 12.5 Å². The summed E-state index contributed by atoms with van der Waals surface area (Å²) in [5.74, 6) is -4.54. The van der Waals surface area contributed by atoms with Crippen LogP contribution in [0.5, 0.6) is 0 Å². The van der Waals surface area contributed by atoms with Crippen LogP contribution in [0.15, 0.2) is 12.5 Å². The molecule has 13 heteroatoms. The molecular weight excluding hydrogens is 460 g/mol. The summed E-state index contributed by atoms with van der Waals surface area (Å²) in [6, 6.07) is -4.27. The molecule has 0 aromatic carbocycles. The van der Waals surface area contributed by atoms with E-state index in [4.69, 9.17) is 10.8 Å². The lowest BCUT2D eigenvalue weighted by atomic mass is 9.96. The van der Waals surface area contributed by atoms with Crippen LogP contribution in [0, 0.1) is 5.92 Å². The minimum Gasteiger partial charge on any atom is -0.481 e. The Labute approximate surface area is 202 Å². The molecule has 5 atom stereocenters. The van der Waals surface area contributed by atoms with E-state index < -0.39 is 60.2 Å². The number of hydrogen-bond donors (Lipinski definition) is 6. The van der Waals surface area contributed by atoms with Crippen LogP contribution in [0.25, 0.3) is 0 Å². The standard InChI is InChI=1S/C22H34N6O7/c1-3-12(2)18(27-19(31)14(23)9-13-10-24-11-25-13)20(32)26-15(6-7-17(29)30)21(33)28-8-4-5-16(28)22(34)35/h10-12,14-16,18H,3-9,23H2,1-2H3,(H,24,25)(H,26,32)(H,27,31)(H,29,30)(H,34,35). The summed E-state index contributed by atoms with van der Waals surface area (Å²) in [6.45, 7) is 3.78. The number of carboxylic acid groups (broad SMARTS) is 2. The first-order valence-electron chi connectivity index (χ1n) is 11.6. The first-order valence-corrected chi connectivity index (χ1v) is 11.6. The molecule has 1 fully saturated rings. The number of aliphatic carboxylic acids is 2. The summed E-state index contributed by atoms with van der Waals surface area (Å²) < 4.78 is 0. The summed E-state index contributed by atoms with van der Waals surface area (Å²) in [6.07, 6.45) is 3.83. The van der Waals surface area contributed by atoms with Crippen LogP contribution in [0.1, 0.15) is 51.6 Å². The third-order valence-electron chi connectivity index (χ3n) is 6.21. The second kappa shape index (κ2) is 12.8. The topological polar surface area (TPSA) is 208 Å². The SMILES string of the molecule is CCC(C)C(NC(=O)C(N)Cc1cnc[nH]1)C(=O)NC(CCC(=O)O)C(=O)N1CCCC1C(=O)O. The molecule has 2 heterocycles. The third kappa shape index (κ3) is 7.77. The van der Waals surface area contributed by atoms with E-state index in [2.05, 4.69) is 20.6 Å². The maximum absolute atomic E-state index is 13.2. The van der Waals surface area contributed by atoms with E-state index in [0.717, 1.165) is 4.90 Å². The number of carboxylic acids is 2. The number of amides is 3. The van der Waals surface area contributed by atoms with Crippen molar-refractivity contribution in [2.75, 3.05) is 6.54 Å². The number of rotatable bonds is 13. The zero-order valence-corrected chi connectivity index (χ0v) is 19.9. The van der Waals surface area contributed by atoms with Crippen molar-refractivity contribution in [3.05, 3.63) is 18.2 Å². The zero-order valence-electron chi connectivity index (χ0n) is 19.9. The van der Waals surface area contributed by atoms with Crippen LogP contribution in [0.2, 0.25) is 0 Å². The molecule has 3 amide bonds. The molecule has 1 saturated heterocycles. The van der Waals surface area contributed by atoms with Gasteiger partial charge in [-0.1, -0.05) is 20.3 Å². The van der Waals surface area contributed by atoms with Crippen molar-refractivity contribution in [1.82, 2.24) is 25.5 Å². The van der Waals surface area contributed by atoms with E-state index in [1.54, 1.807) is 6.92 Å². The van der Waals surface area contributed by atoms with Crippen LogP contribution >= 0.6 is 0 Å². The Kier molecular flexibility index (Phi) is 10.2. The fourth-order valence-corrected chi connectivity index (χ4v) is 3.96. The Bertz CT molecular complexity index is 906. The molecule has 0 aliphatic carbocycles. The van der Waals surface area contributed by atoms with Crippen LogP contribution in [-0.2, 0) is 30.4 Å². The third-order valence-corrected chi connectivity index (χ3v) is 6.21. The Morgan fingerprint density at radius 2 is 1.94 bits per heavy atom. The van der Waals surface area contributed by atoms with Gasteiger partial charge in [0.2, 0.25) is 17.7 Å². The average Bonchev–Trinajstić information content (AvgIpc) is 3.50.